The summed E-state index contributed by atoms with van der Waals surface area (Å²) in [5.41, 5.74) is 3.83. The van der Waals surface area contributed by atoms with E-state index in [0.717, 1.165) is 0 Å². The van der Waals surface area contributed by atoms with Gasteiger partial charge < -0.3 is 0 Å². The third kappa shape index (κ3) is 2.72. The van der Waals surface area contributed by atoms with Gasteiger partial charge in [0.25, 0.3) is 0 Å². The molecule has 3 aromatic rings. The fraction of sp³-hybridized carbons (Fsp3) is 0.0526. The minimum atomic E-state index is -0.761. The maximum absolute atomic E-state index is 6.65. The molecule has 0 amide bonds. The zero-order valence-corrected chi connectivity index (χ0v) is 13.9. The predicted molar refractivity (Wildman–Crippen MR) is 85.1 cm³/mol. The first-order valence-corrected chi connectivity index (χ1v) is 9.85. The van der Waals surface area contributed by atoms with Crippen molar-refractivity contribution in [3.05, 3.63) is 108 Å². The molecular formula is C19H15ClTi. The molecular weight excluding hydrogens is 312 g/mol. The molecule has 0 saturated heterocycles. The van der Waals surface area contributed by atoms with E-state index in [1.54, 1.807) is 0 Å². The summed E-state index contributed by atoms with van der Waals surface area (Å²) >= 11 is -0.761. The average molecular weight is 327 g/mol. The van der Waals surface area contributed by atoms with E-state index in [4.69, 9.17) is 9.30 Å². The molecule has 3 aromatic carbocycles. The Kier molecular flexibility index (Phi) is 4.60. The predicted octanol–water partition coefficient (Wildman–Crippen LogP) is 5.21. The first kappa shape index (κ1) is 14.6. The minimum absolute atomic E-state index is 0.189. The zero-order valence-electron chi connectivity index (χ0n) is 11.5. The molecule has 0 nitrogen and oxygen atoms in total. The van der Waals surface area contributed by atoms with Crippen LogP contribution in [-0.2, 0) is 21.8 Å². The van der Waals surface area contributed by atoms with Crippen LogP contribution in [0, 0.1) is 0 Å². The molecule has 0 N–H and O–H groups in total. The Morgan fingerprint density at radius 3 is 1.05 bits per heavy atom. The third-order valence-electron chi connectivity index (χ3n) is 3.76. The molecule has 0 aliphatic heterocycles. The van der Waals surface area contributed by atoms with Crippen molar-refractivity contribution in [1.82, 2.24) is 0 Å². The summed E-state index contributed by atoms with van der Waals surface area (Å²) in [6.07, 6.45) is 0. The second-order valence-corrected chi connectivity index (χ2v) is 7.19. The van der Waals surface area contributed by atoms with Crippen molar-refractivity contribution in [3.8, 4) is 0 Å². The van der Waals surface area contributed by atoms with Crippen molar-refractivity contribution >= 4 is 9.30 Å². The molecule has 0 atom stereocenters. The fourth-order valence-corrected chi connectivity index (χ4v) is 5.37. The molecule has 0 unspecified atom stereocenters. The number of hydrogen-bond acceptors (Lipinski definition) is 0. The van der Waals surface area contributed by atoms with Gasteiger partial charge in [-0.05, 0) is 0 Å². The monoisotopic (exact) mass is 326 g/mol. The Bertz CT molecular complexity index is 584. The van der Waals surface area contributed by atoms with Crippen LogP contribution in [0.15, 0.2) is 91.0 Å². The number of rotatable bonds is 4. The van der Waals surface area contributed by atoms with E-state index >= 15 is 0 Å². The molecule has 0 saturated carbocycles. The summed E-state index contributed by atoms with van der Waals surface area (Å²) in [7, 11) is 6.65. The van der Waals surface area contributed by atoms with E-state index in [9.17, 15) is 0 Å². The standard InChI is InChI=1S/C19H15.ClH.Ti/c1-4-10-16(11-5-1)19(17-12-6-2-7-13-17)18-14-8-3-9-15-18;;/h1-15H;1H;/q;;+1/p-1. The first-order chi connectivity index (χ1) is 10.4. The molecule has 3 rings (SSSR count). The molecule has 0 aromatic heterocycles. The summed E-state index contributed by atoms with van der Waals surface area (Å²) in [5.74, 6) is 0. The summed E-state index contributed by atoms with van der Waals surface area (Å²) in [6.45, 7) is 0. The maximum atomic E-state index is 6.65. The molecule has 102 valence electrons. The van der Waals surface area contributed by atoms with Gasteiger partial charge in [-0.1, -0.05) is 0 Å². The van der Waals surface area contributed by atoms with E-state index < -0.39 is 18.1 Å². The van der Waals surface area contributed by atoms with Crippen molar-refractivity contribution in [1.29, 1.82) is 0 Å². The van der Waals surface area contributed by atoms with Gasteiger partial charge in [-0.15, -0.1) is 0 Å². The molecule has 0 fully saturated rings. The summed E-state index contributed by atoms with van der Waals surface area (Å²) in [6, 6.07) is 31.8. The van der Waals surface area contributed by atoms with Crippen LogP contribution in [0.2, 0.25) is 0 Å². The topological polar surface area (TPSA) is 0 Å². The molecule has 0 bridgehead atoms. The van der Waals surface area contributed by atoms with Gasteiger partial charge in [0.1, 0.15) is 0 Å². The van der Waals surface area contributed by atoms with Gasteiger partial charge in [0.15, 0.2) is 0 Å². The van der Waals surface area contributed by atoms with E-state index in [2.05, 4.69) is 91.0 Å². The normalized spacial score (nSPS) is 11.1. The van der Waals surface area contributed by atoms with Crippen LogP contribution in [0.25, 0.3) is 0 Å². The van der Waals surface area contributed by atoms with Gasteiger partial charge in [-0.2, -0.15) is 0 Å². The Labute approximate surface area is 138 Å². The van der Waals surface area contributed by atoms with E-state index in [1.807, 2.05) is 0 Å². The van der Waals surface area contributed by atoms with Crippen molar-refractivity contribution in [2.75, 3.05) is 0 Å². The Morgan fingerprint density at radius 2 is 0.810 bits per heavy atom. The van der Waals surface area contributed by atoms with Crippen LogP contribution in [0.3, 0.4) is 0 Å². The van der Waals surface area contributed by atoms with Crippen molar-refractivity contribution in [3.63, 3.8) is 0 Å². The Balaban J connectivity index is 2.29. The SMILES string of the molecule is [Cl][Ti][C](c1ccccc1)(c1ccccc1)c1ccccc1. The first-order valence-electron chi connectivity index (χ1n) is 6.92. The molecule has 0 aliphatic rings. The van der Waals surface area contributed by atoms with Crippen LogP contribution >= 0.6 is 9.30 Å². The van der Waals surface area contributed by atoms with E-state index in [-0.39, 0.29) is 3.72 Å². The second kappa shape index (κ2) is 6.62. The molecule has 2 heteroatoms. The summed E-state index contributed by atoms with van der Waals surface area (Å²) in [5, 5.41) is 0. The van der Waals surface area contributed by atoms with Crippen LogP contribution in [0.4, 0.5) is 0 Å². The van der Waals surface area contributed by atoms with Gasteiger partial charge in [-0.25, -0.2) is 0 Å². The van der Waals surface area contributed by atoms with Crippen molar-refractivity contribution < 1.29 is 18.1 Å². The Morgan fingerprint density at radius 1 is 0.524 bits per heavy atom. The molecule has 0 spiro atoms. The van der Waals surface area contributed by atoms with Gasteiger partial charge in [0, 0.05) is 0 Å². The van der Waals surface area contributed by atoms with Crippen LogP contribution in [0.1, 0.15) is 16.7 Å². The van der Waals surface area contributed by atoms with Crippen molar-refractivity contribution in [2.24, 2.45) is 0 Å². The average Bonchev–Trinajstić information content (AvgIpc) is 2.59. The number of halogens is 1. The third-order valence-corrected chi connectivity index (χ3v) is 6.73. The zero-order chi connectivity index (χ0) is 14.5. The number of benzene rings is 3. The fourth-order valence-electron chi connectivity index (χ4n) is 2.73. The summed E-state index contributed by atoms with van der Waals surface area (Å²) < 4.78 is -0.189. The summed E-state index contributed by atoms with van der Waals surface area (Å²) in [4.78, 5) is 0. The van der Waals surface area contributed by atoms with Gasteiger partial charge in [0.05, 0.1) is 0 Å². The quantitative estimate of drug-likeness (QED) is 0.456. The van der Waals surface area contributed by atoms with Crippen LogP contribution < -0.4 is 0 Å². The number of hydrogen-bond donors (Lipinski definition) is 0. The molecule has 0 heterocycles. The molecule has 0 radical (unpaired) electrons. The van der Waals surface area contributed by atoms with Gasteiger partial charge in [-0.3, -0.25) is 0 Å². The molecule has 21 heavy (non-hydrogen) atoms. The van der Waals surface area contributed by atoms with Crippen molar-refractivity contribution in [2.45, 2.75) is 3.72 Å². The van der Waals surface area contributed by atoms with Crippen LogP contribution in [-0.4, -0.2) is 0 Å². The van der Waals surface area contributed by atoms with Gasteiger partial charge in [0.2, 0.25) is 0 Å². The van der Waals surface area contributed by atoms with E-state index in [1.165, 1.54) is 16.7 Å². The van der Waals surface area contributed by atoms with Gasteiger partial charge >= 0.3 is 139 Å². The second-order valence-electron chi connectivity index (χ2n) is 4.94. The van der Waals surface area contributed by atoms with Crippen LogP contribution in [0.5, 0.6) is 0 Å². The Hall–Kier alpha value is -1.34. The van der Waals surface area contributed by atoms with E-state index in [0.29, 0.717) is 0 Å². The molecule has 0 aliphatic carbocycles.